The Kier molecular flexibility index (Phi) is 3.57. The van der Waals surface area contributed by atoms with Gasteiger partial charge in [-0.25, -0.2) is 0 Å². The van der Waals surface area contributed by atoms with E-state index in [1.807, 2.05) is 50.2 Å². The number of nitrogens with one attached hydrogen (secondary N) is 1. The van der Waals surface area contributed by atoms with Crippen molar-refractivity contribution in [3.63, 3.8) is 0 Å². The number of rotatable bonds is 4. The zero-order chi connectivity index (χ0) is 17.6. The van der Waals surface area contributed by atoms with Crippen molar-refractivity contribution in [2.24, 2.45) is 0 Å². The first-order valence-electron chi connectivity index (χ1n) is 8.08. The fraction of sp³-hybridized carbons (Fsp3) is 0.200. The van der Waals surface area contributed by atoms with Gasteiger partial charge in [-0.15, -0.1) is 0 Å². The molecule has 0 saturated carbocycles. The largest absolute Gasteiger partial charge is 0.454 e. The molecule has 1 aliphatic heterocycles. The van der Waals surface area contributed by atoms with Gasteiger partial charge in [0.05, 0.1) is 11.3 Å². The van der Waals surface area contributed by atoms with E-state index < -0.39 is 10.9 Å². The van der Waals surface area contributed by atoms with Crippen molar-refractivity contribution in [1.29, 1.82) is 0 Å². The third-order valence-electron chi connectivity index (χ3n) is 4.61. The van der Waals surface area contributed by atoms with Gasteiger partial charge in [-0.2, -0.15) is 0 Å². The van der Waals surface area contributed by atoms with E-state index in [9.17, 15) is 9.59 Å². The maximum Gasteiger partial charge on any atom is 0.250 e. The first kappa shape index (κ1) is 15.4. The van der Waals surface area contributed by atoms with E-state index >= 15 is 0 Å². The van der Waals surface area contributed by atoms with Gasteiger partial charge in [0.1, 0.15) is 0 Å². The van der Waals surface area contributed by atoms with Gasteiger partial charge < -0.3 is 14.8 Å². The number of benzene rings is 2. The second kappa shape index (κ2) is 5.77. The minimum Gasteiger partial charge on any atom is -0.454 e. The van der Waals surface area contributed by atoms with E-state index in [1.165, 1.54) is 0 Å². The lowest BCUT2D eigenvalue weighted by molar-refractivity contribution is 0.174. The van der Waals surface area contributed by atoms with Crippen LogP contribution in [0, 0.1) is 13.8 Å². The Balaban J connectivity index is 1.59. The van der Waals surface area contributed by atoms with Gasteiger partial charge in [-0.1, -0.05) is 24.3 Å². The van der Waals surface area contributed by atoms with Crippen LogP contribution in [-0.4, -0.2) is 6.79 Å². The average molecular weight is 335 g/mol. The molecule has 3 aromatic rings. The van der Waals surface area contributed by atoms with E-state index in [-0.39, 0.29) is 6.79 Å². The number of hydrogen-bond acceptors (Lipinski definition) is 5. The molecule has 5 heteroatoms. The number of fused-ring (bicyclic) bond motifs is 1. The van der Waals surface area contributed by atoms with Gasteiger partial charge in [0.25, 0.3) is 0 Å². The Labute approximate surface area is 144 Å². The van der Waals surface area contributed by atoms with Crippen LogP contribution in [0.15, 0.2) is 46.0 Å². The molecule has 1 heterocycles. The summed E-state index contributed by atoms with van der Waals surface area (Å²) in [6.07, 6.45) is 0. The van der Waals surface area contributed by atoms with Crippen LogP contribution in [0.2, 0.25) is 0 Å². The number of anilines is 1. The van der Waals surface area contributed by atoms with Crippen molar-refractivity contribution in [3.05, 3.63) is 73.5 Å². The number of ether oxygens (including phenoxy) is 2. The number of hydrogen-bond donors (Lipinski definition) is 1. The molecule has 25 heavy (non-hydrogen) atoms. The molecule has 0 saturated heterocycles. The first-order chi connectivity index (χ1) is 12.0. The van der Waals surface area contributed by atoms with E-state index in [0.29, 0.717) is 29.3 Å². The SMILES string of the molecule is Cc1ccc(-c2c(NCc3ccc4c(c3)OCO4)c(=O)c2=O)cc1C. The molecule has 5 nitrogen and oxygen atoms in total. The standard InChI is InChI=1S/C20H17NO4/c1-11-3-5-14(7-12(11)2)17-18(20(23)19(17)22)21-9-13-4-6-15-16(8-13)25-10-24-15/h3-8,21H,9-10H2,1-2H3. The van der Waals surface area contributed by atoms with Crippen LogP contribution in [0.5, 0.6) is 11.5 Å². The summed E-state index contributed by atoms with van der Waals surface area (Å²) in [6.45, 7) is 4.66. The van der Waals surface area contributed by atoms with Crippen molar-refractivity contribution in [2.75, 3.05) is 12.1 Å². The summed E-state index contributed by atoms with van der Waals surface area (Å²) in [6, 6.07) is 11.4. The maximum absolute atomic E-state index is 12.0. The molecular formula is C20H17NO4. The summed E-state index contributed by atoms with van der Waals surface area (Å²) in [5.41, 5.74) is 3.92. The van der Waals surface area contributed by atoms with Crippen LogP contribution >= 0.6 is 0 Å². The lowest BCUT2D eigenvalue weighted by atomic mass is 9.95. The predicted octanol–water partition coefficient (Wildman–Crippen LogP) is 2.91. The van der Waals surface area contributed by atoms with E-state index in [4.69, 9.17) is 9.47 Å². The minimum atomic E-state index is -0.464. The van der Waals surface area contributed by atoms with Crippen LogP contribution in [0.4, 0.5) is 5.69 Å². The third kappa shape index (κ3) is 2.58. The molecule has 0 aliphatic carbocycles. The summed E-state index contributed by atoms with van der Waals surface area (Å²) >= 11 is 0. The Morgan fingerprint density at radius 2 is 1.72 bits per heavy atom. The Morgan fingerprint density at radius 1 is 0.920 bits per heavy atom. The van der Waals surface area contributed by atoms with Crippen LogP contribution in [0.25, 0.3) is 11.1 Å². The maximum atomic E-state index is 12.0. The van der Waals surface area contributed by atoms with E-state index in [1.54, 1.807) is 0 Å². The summed E-state index contributed by atoms with van der Waals surface area (Å²) in [5, 5.41) is 3.10. The fourth-order valence-corrected chi connectivity index (χ4v) is 2.97. The third-order valence-corrected chi connectivity index (χ3v) is 4.61. The van der Waals surface area contributed by atoms with Gasteiger partial charge >= 0.3 is 0 Å². The smallest absolute Gasteiger partial charge is 0.250 e. The Hall–Kier alpha value is -3.08. The van der Waals surface area contributed by atoms with Crippen molar-refractivity contribution >= 4 is 5.69 Å². The summed E-state index contributed by atoms with van der Waals surface area (Å²) in [5.74, 6) is 1.41. The van der Waals surface area contributed by atoms with E-state index in [2.05, 4.69) is 5.32 Å². The molecule has 0 spiro atoms. The van der Waals surface area contributed by atoms with Gasteiger partial charge in [-0.05, 0) is 48.2 Å². The topological polar surface area (TPSA) is 64.6 Å². The normalized spacial score (nSPS) is 12.6. The second-order valence-corrected chi connectivity index (χ2v) is 6.25. The molecule has 1 N–H and O–H groups in total. The molecular weight excluding hydrogens is 318 g/mol. The lowest BCUT2D eigenvalue weighted by Crippen LogP contribution is -2.36. The van der Waals surface area contributed by atoms with Gasteiger partial charge in [0, 0.05) is 6.54 Å². The zero-order valence-corrected chi connectivity index (χ0v) is 14.0. The molecule has 3 aromatic carbocycles. The van der Waals surface area contributed by atoms with Crippen molar-refractivity contribution in [3.8, 4) is 22.6 Å². The summed E-state index contributed by atoms with van der Waals surface area (Å²) < 4.78 is 10.6. The van der Waals surface area contributed by atoms with Crippen LogP contribution < -0.4 is 25.6 Å². The highest BCUT2D eigenvalue weighted by atomic mass is 16.7. The quantitative estimate of drug-likeness (QED) is 0.743. The van der Waals surface area contributed by atoms with Crippen LogP contribution in [0.1, 0.15) is 16.7 Å². The van der Waals surface area contributed by atoms with Crippen LogP contribution in [-0.2, 0) is 6.54 Å². The molecule has 0 aromatic heterocycles. The monoisotopic (exact) mass is 335 g/mol. The van der Waals surface area contributed by atoms with Crippen molar-refractivity contribution < 1.29 is 9.47 Å². The Bertz CT molecular complexity index is 1040. The van der Waals surface area contributed by atoms with Gasteiger partial charge in [0.15, 0.2) is 11.5 Å². The molecule has 0 atom stereocenters. The van der Waals surface area contributed by atoms with Crippen molar-refractivity contribution in [2.45, 2.75) is 20.4 Å². The molecule has 0 bridgehead atoms. The highest BCUT2D eigenvalue weighted by Crippen LogP contribution is 2.33. The van der Waals surface area contributed by atoms with E-state index in [0.717, 1.165) is 22.3 Å². The molecule has 0 unspecified atom stereocenters. The second-order valence-electron chi connectivity index (χ2n) is 6.25. The molecule has 126 valence electrons. The fourth-order valence-electron chi connectivity index (χ4n) is 2.97. The number of aryl methyl sites for hydroxylation is 2. The first-order valence-corrected chi connectivity index (χ1v) is 8.08. The molecule has 4 rings (SSSR count). The van der Waals surface area contributed by atoms with Gasteiger partial charge in [-0.3, -0.25) is 9.59 Å². The lowest BCUT2D eigenvalue weighted by Gasteiger charge is -2.14. The van der Waals surface area contributed by atoms with Crippen LogP contribution in [0.3, 0.4) is 0 Å². The molecule has 0 radical (unpaired) electrons. The highest BCUT2D eigenvalue weighted by molar-refractivity contribution is 5.82. The summed E-state index contributed by atoms with van der Waals surface area (Å²) in [4.78, 5) is 24.0. The average Bonchev–Trinajstić information content (AvgIpc) is 3.08. The molecule has 1 aliphatic rings. The predicted molar refractivity (Wildman–Crippen MR) is 96.2 cm³/mol. The minimum absolute atomic E-state index is 0.223. The molecule has 0 fully saturated rings. The zero-order valence-electron chi connectivity index (χ0n) is 14.0. The highest BCUT2D eigenvalue weighted by Gasteiger charge is 2.22. The van der Waals surface area contributed by atoms with Crippen molar-refractivity contribution in [1.82, 2.24) is 0 Å². The summed E-state index contributed by atoms with van der Waals surface area (Å²) in [7, 11) is 0. The molecule has 0 amide bonds. The Morgan fingerprint density at radius 3 is 2.52 bits per heavy atom. The van der Waals surface area contributed by atoms with Gasteiger partial charge in [0.2, 0.25) is 17.7 Å².